The molecule has 1 aromatic carbocycles. The second-order valence-corrected chi connectivity index (χ2v) is 4.32. The largest absolute Gasteiger partial charge is 0.370 e. The molecule has 1 atom stereocenters. The molecule has 0 radical (unpaired) electrons. The van der Waals surface area contributed by atoms with Gasteiger partial charge in [-0.2, -0.15) is 0 Å². The van der Waals surface area contributed by atoms with Gasteiger partial charge < -0.3 is 11.1 Å². The van der Waals surface area contributed by atoms with Crippen LogP contribution in [0.4, 0.5) is 0 Å². The Morgan fingerprint density at radius 1 is 1.29 bits per heavy atom. The summed E-state index contributed by atoms with van der Waals surface area (Å²) in [6.07, 6.45) is 2.22. The van der Waals surface area contributed by atoms with Gasteiger partial charge in [0, 0.05) is 12.8 Å². The summed E-state index contributed by atoms with van der Waals surface area (Å²) in [6.45, 7) is 0. The smallest absolute Gasteiger partial charge is 0.220 e. The molecule has 0 fully saturated rings. The number of hydrogen-bond acceptors (Lipinski definition) is 2. The van der Waals surface area contributed by atoms with Crippen LogP contribution in [0.1, 0.15) is 36.4 Å². The predicted octanol–water partition coefficient (Wildman–Crippen LogP) is 1.06. The number of carbonyl (C=O) groups excluding carboxylic acids is 2. The number of benzene rings is 1. The van der Waals surface area contributed by atoms with Crippen molar-refractivity contribution in [1.82, 2.24) is 5.32 Å². The topological polar surface area (TPSA) is 72.2 Å². The first-order chi connectivity index (χ1) is 8.16. The predicted molar refractivity (Wildman–Crippen MR) is 64.1 cm³/mol. The van der Waals surface area contributed by atoms with E-state index in [0.717, 1.165) is 12.8 Å². The van der Waals surface area contributed by atoms with Gasteiger partial charge in [0.2, 0.25) is 11.8 Å². The molecule has 1 aromatic rings. The number of nitrogens with two attached hydrogens (primary N) is 1. The molecule has 0 heterocycles. The molecule has 4 nitrogen and oxygen atoms in total. The molecule has 0 aromatic heterocycles. The molecule has 90 valence electrons. The molecule has 0 spiro atoms. The van der Waals surface area contributed by atoms with Crippen molar-refractivity contribution in [3.63, 3.8) is 0 Å². The maximum Gasteiger partial charge on any atom is 0.220 e. The van der Waals surface area contributed by atoms with E-state index in [-0.39, 0.29) is 24.8 Å². The van der Waals surface area contributed by atoms with E-state index in [1.54, 1.807) is 0 Å². The number of primary amides is 1. The third-order valence-electron chi connectivity index (χ3n) is 3.07. The summed E-state index contributed by atoms with van der Waals surface area (Å²) in [5.41, 5.74) is 7.50. The van der Waals surface area contributed by atoms with Crippen LogP contribution in [0.25, 0.3) is 0 Å². The van der Waals surface area contributed by atoms with Crippen LogP contribution in [0, 0.1) is 0 Å². The first-order valence-corrected chi connectivity index (χ1v) is 5.82. The first kappa shape index (κ1) is 11.6. The lowest BCUT2D eigenvalue weighted by Crippen LogP contribution is -2.28. The standard InChI is InChI=1S/C13H16N2O2/c14-12(16)7-8-13(17)15-11-6-5-9-3-1-2-4-10(9)11/h1-4,11H,5-8H2,(H2,14,16)(H,15,17)/t11-/m1/s1. The van der Waals surface area contributed by atoms with Crippen molar-refractivity contribution in [3.05, 3.63) is 35.4 Å². The van der Waals surface area contributed by atoms with Gasteiger partial charge in [-0.05, 0) is 24.0 Å². The van der Waals surface area contributed by atoms with Crippen molar-refractivity contribution in [2.45, 2.75) is 31.7 Å². The Kier molecular flexibility index (Phi) is 3.42. The molecule has 0 unspecified atom stereocenters. The second-order valence-electron chi connectivity index (χ2n) is 4.32. The Morgan fingerprint density at radius 3 is 2.82 bits per heavy atom. The summed E-state index contributed by atoms with van der Waals surface area (Å²) in [6, 6.07) is 8.21. The van der Waals surface area contributed by atoms with Crippen LogP contribution in [-0.4, -0.2) is 11.8 Å². The maximum absolute atomic E-state index is 11.6. The quantitative estimate of drug-likeness (QED) is 0.814. The lowest BCUT2D eigenvalue weighted by Gasteiger charge is -2.13. The number of hydrogen-bond donors (Lipinski definition) is 2. The van der Waals surface area contributed by atoms with Crippen molar-refractivity contribution >= 4 is 11.8 Å². The third-order valence-corrected chi connectivity index (χ3v) is 3.07. The maximum atomic E-state index is 11.6. The summed E-state index contributed by atoms with van der Waals surface area (Å²) in [5, 5.41) is 2.94. The molecule has 3 N–H and O–H groups in total. The van der Waals surface area contributed by atoms with Crippen LogP contribution in [0.5, 0.6) is 0 Å². The van der Waals surface area contributed by atoms with E-state index in [1.165, 1.54) is 11.1 Å². The van der Waals surface area contributed by atoms with Crippen LogP contribution in [0.15, 0.2) is 24.3 Å². The zero-order valence-electron chi connectivity index (χ0n) is 9.61. The highest BCUT2D eigenvalue weighted by molar-refractivity contribution is 5.83. The van der Waals surface area contributed by atoms with E-state index >= 15 is 0 Å². The zero-order chi connectivity index (χ0) is 12.3. The molecule has 4 heteroatoms. The van der Waals surface area contributed by atoms with Gasteiger partial charge in [-0.15, -0.1) is 0 Å². The van der Waals surface area contributed by atoms with Crippen molar-refractivity contribution in [2.24, 2.45) is 5.73 Å². The summed E-state index contributed by atoms with van der Waals surface area (Å²) in [4.78, 5) is 22.2. The fourth-order valence-electron chi connectivity index (χ4n) is 2.21. The first-order valence-electron chi connectivity index (χ1n) is 5.82. The van der Waals surface area contributed by atoms with E-state index in [4.69, 9.17) is 5.73 Å². The number of amides is 2. The van der Waals surface area contributed by atoms with E-state index < -0.39 is 5.91 Å². The van der Waals surface area contributed by atoms with Gasteiger partial charge >= 0.3 is 0 Å². The number of fused-ring (bicyclic) bond motifs is 1. The van der Waals surface area contributed by atoms with Crippen molar-refractivity contribution in [1.29, 1.82) is 0 Å². The average Bonchev–Trinajstić information content (AvgIpc) is 2.70. The summed E-state index contributed by atoms with van der Waals surface area (Å²) >= 11 is 0. The van der Waals surface area contributed by atoms with Crippen LogP contribution >= 0.6 is 0 Å². The Labute approximate surface area is 100 Å². The lowest BCUT2D eigenvalue weighted by molar-refractivity contribution is -0.125. The number of nitrogens with one attached hydrogen (secondary N) is 1. The Balaban J connectivity index is 1.93. The second kappa shape index (κ2) is 4.99. The highest BCUT2D eigenvalue weighted by atomic mass is 16.2. The fraction of sp³-hybridized carbons (Fsp3) is 0.385. The summed E-state index contributed by atoms with van der Waals surface area (Å²) in [5.74, 6) is -0.544. The fourth-order valence-corrected chi connectivity index (χ4v) is 2.21. The van der Waals surface area contributed by atoms with Crippen LogP contribution < -0.4 is 11.1 Å². The van der Waals surface area contributed by atoms with Crippen molar-refractivity contribution < 1.29 is 9.59 Å². The molecule has 2 amide bonds. The van der Waals surface area contributed by atoms with Gasteiger partial charge in [-0.1, -0.05) is 24.3 Å². The Hall–Kier alpha value is -1.84. The van der Waals surface area contributed by atoms with E-state index in [2.05, 4.69) is 11.4 Å². The molecular weight excluding hydrogens is 216 g/mol. The van der Waals surface area contributed by atoms with Crippen LogP contribution in [0.3, 0.4) is 0 Å². The monoisotopic (exact) mass is 232 g/mol. The normalized spacial score (nSPS) is 17.5. The third kappa shape index (κ3) is 2.84. The number of carbonyl (C=O) groups is 2. The molecule has 1 aliphatic carbocycles. The van der Waals surface area contributed by atoms with Crippen LogP contribution in [-0.2, 0) is 16.0 Å². The van der Waals surface area contributed by atoms with Gasteiger partial charge in [-0.3, -0.25) is 9.59 Å². The lowest BCUT2D eigenvalue weighted by atomic mass is 10.1. The number of aryl methyl sites for hydroxylation is 1. The Morgan fingerprint density at radius 2 is 2.06 bits per heavy atom. The minimum absolute atomic E-state index is 0.0894. The summed E-state index contributed by atoms with van der Waals surface area (Å²) < 4.78 is 0. The molecule has 2 rings (SSSR count). The number of rotatable bonds is 4. The zero-order valence-corrected chi connectivity index (χ0v) is 9.61. The molecule has 0 saturated heterocycles. The highest BCUT2D eigenvalue weighted by Crippen LogP contribution is 2.30. The average molecular weight is 232 g/mol. The molecule has 1 aliphatic rings. The minimum Gasteiger partial charge on any atom is -0.370 e. The van der Waals surface area contributed by atoms with E-state index in [1.807, 2.05) is 18.2 Å². The Bertz CT molecular complexity index is 443. The minimum atomic E-state index is -0.438. The molecule has 0 saturated carbocycles. The van der Waals surface area contributed by atoms with E-state index in [0.29, 0.717) is 0 Å². The molecule has 17 heavy (non-hydrogen) atoms. The van der Waals surface area contributed by atoms with Gasteiger partial charge in [-0.25, -0.2) is 0 Å². The van der Waals surface area contributed by atoms with Gasteiger partial charge in [0.25, 0.3) is 0 Å². The highest BCUT2D eigenvalue weighted by Gasteiger charge is 2.23. The van der Waals surface area contributed by atoms with Gasteiger partial charge in [0.15, 0.2) is 0 Å². The SMILES string of the molecule is NC(=O)CCC(=O)N[C@@H]1CCc2ccccc21. The van der Waals surface area contributed by atoms with Crippen molar-refractivity contribution in [2.75, 3.05) is 0 Å². The molecule has 0 aliphatic heterocycles. The molecular formula is C13H16N2O2. The summed E-state index contributed by atoms with van der Waals surface area (Å²) in [7, 11) is 0. The van der Waals surface area contributed by atoms with E-state index in [9.17, 15) is 9.59 Å². The van der Waals surface area contributed by atoms with Gasteiger partial charge in [0.1, 0.15) is 0 Å². The van der Waals surface area contributed by atoms with Gasteiger partial charge in [0.05, 0.1) is 6.04 Å². The molecule has 0 bridgehead atoms. The van der Waals surface area contributed by atoms with Crippen LogP contribution in [0.2, 0.25) is 0 Å². The van der Waals surface area contributed by atoms with Crippen molar-refractivity contribution in [3.8, 4) is 0 Å².